The minimum Gasteiger partial charge on any atom is -0.364 e. The van der Waals surface area contributed by atoms with E-state index in [0.29, 0.717) is 10.8 Å². The lowest BCUT2D eigenvalue weighted by Crippen LogP contribution is -2.42. The first-order valence-corrected chi connectivity index (χ1v) is 7.94. The van der Waals surface area contributed by atoms with Crippen molar-refractivity contribution in [2.75, 3.05) is 23.3 Å². The zero-order valence-electron chi connectivity index (χ0n) is 12.0. The molecular formula is C14H18N6OS. The molecule has 1 atom stereocenters. The van der Waals surface area contributed by atoms with Crippen LogP contribution in [0, 0.1) is 0 Å². The second-order valence-corrected chi connectivity index (χ2v) is 6.20. The largest absolute Gasteiger partial charge is 0.364 e. The number of carbonyl (C=O) groups excluding carboxylic acids is 1. The van der Waals surface area contributed by atoms with Crippen LogP contribution in [0.15, 0.2) is 24.4 Å². The molecule has 0 aromatic carbocycles. The molecule has 0 aliphatic carbocycles. The van der Waals surface area contributed by atoms with Crippen LogP contribution in [0.25, 0.3) is 0 Å². The number of hydrogen-bond acceptors (Lipinski definition) is 7. The van der Waals surface area contributed by atoms with Gasteiger partial charge in [-0.1, -0.05) is 17.4 Å². The van der Waals surface area contributed by atoms with E-state index in [2.05, 4.69) is 20.2 Å². The van der Waals surface area contributed by atoms with Crippen molar-refractivity contribution in [1.29, 1.82) is 0 Å². The number of pyridine rings is 1. The summed E-state index contributed by atoms with van der Waals surface area (Å²) in [5.41, 5.74) is 11.7. The first-order valence-electron chi connectivity index (χ1n) is 7.12. The van der Waals surface area contributed by atoms with Crippen molar-refractivity contribution >= 4 is 33.2 Å². The van der Waals surface area contributed by atoms with E-state index >= 15 is 0 Å². The summed E-state index contributed by atoms with van der Waals surface area (Å²) in [6, 6.07) is 5.65. The van der Waals surface area contributed by atoms with Crippen molar-refractivity contribution in [3.8, 4) is 0 Å². The number of nitrogens with two attached hydrogens (primary N) is 2. The number of piperidine rings is 1. The van der Waals surface area contributed by atoms with E-state index in [1.54, 1.807) is 6.20 Å². The van der Waals surface area contributed by atoms with Gasteiger partial charge in [0.25, 0.3) is 5.91 Å². The Morgan fingerprint density at radius 1 is 1.45 bits per heavy atom. The molecule has 1 fully saturated rings. The van der Waals surface area contributed by atoms with Gasteiger partial charge in [-0.3, -0.25) is 4.79 Å². The Morgan fingerprint density at radius 2 is 2.32 bits per heavy atom. The van der Waals surface area contributed by atoms with Crippen LogP contribution >= 0.6 is 11.3 Å². The molecule has 2 aromatic rings. The van der Waals surface area contributed by atoms with Crippen molar-refractivity contribution in [3.63, 3.8) is 0 Å². The first kappa shape index (κ1) is 14.7. The Bertz CT molecular complexity index is 659. The molecule has 7 nitrogen and oxygen atoms in total. The summed E-state index contributed by atoms with van der Waals surface area (Å²) in [5.74, 6) is 0.0952. The molecule has 1 unspecified atom stereocenters. The van der Waals surface area contributed by atoms with Gasteiger partial charge in [-0.25, -0.2) is 9.97 Å². The van der Waals surface area contributed by atoms with E-state index in [1.807, 2.05) is 18.2 Å². The number of rotatable bonds is 4. The van der Waals surface area contributed by atoms with Gasteiger partial charge < -0.3 is 21.7 Å². The molecular weight excluding hydrogens is 300 g/mol. The summed E-state index contributed by atoms with van der Waals surface area (Å²) in [6.07, 6.45) is 3.72. The van der Waals surface area contributed by atoms with E-state index in [4.69, 9.17) is 11.5 Å². The number of thiazole rings is 1. The van der Waals surface area contributed by atoms with Gasteiger partial charge in [-0.15, -0.1) is 0 Å². The predicted octanol–water partition coefficient (Wildman–Crippen LogP) is 1.31. The highest BCUT2D eigenvalue weighted by atomic mass is 32.1. The highest BCUT2D eigenvalue weighted by Gasteiger charge is 2.23. The topological polar surface area (TPSA) is 110 Å². The lowest BCUT2D eigenvalue weighted by molar-refractivity contribution is 0.0997. The van der Waals surface area contributed by atoms with Gasteiger partial charge in [0.2, 0.25) is 0 Å². The molecule has 0 radical (unpaired) electrons. The molecule has 0 saturated carbocycles. The normalized spacial score (nSPS) is 18.2. The van der Waals surface area contributed by atoms with E-state index in [0.717, 1.165) is 31.1 Å². The Hall–Kier alpha value is -2.19. The Labute approximate surface area is 132 Å². The molecule has 0 spiro atoms. The molecule has 1 amide bonds. The average Bonchev–Trinajstić information content (AvgIpc) is 2.92. The van der Waals surface area contributed by atoms with Crippen LogP contribution in [0.5, 0.6) is 0 Å². The van der Waals surface area contributed by atoms with E-state index in [-0.39, 0.29) is 11.7 Å². The van der Waals surface area contributed by atoms with Crippen molar-refractivity contribution in [3.05, 3.63) is 30.1 Å². The number of aromatic nitrogens is 2. The van der Waals surface area contributed by atoms with Crippen molar-refractivity contribution in [2.45, 2.75) is 18.9 Å². The van der Waals surface area contributed by atoms with Crippen LogP contribution in [0.3, 0.4) is 0 Å². The standard InChI is InChI=1S/C14H18N6OS/c15-9-4-3-7-20(8-9)14-19-11(12(16)21)13(22-14)18-10-5-1-2-6-17-10/h1-2,5-6,9H,3-4,7-8,15H2,(H2,16,21)(H,17,18). The van der Waals surface area contributed by atoms with Gasteiger partial charge in [0, 0.05) is 25.3 Å². The van der Waals surface area contributed by atoms with Crippen LogP contribution < -0.4 is 21.7 Å². The molecule has 3 heterocycles. The highest BCUT2D eigenvalue weighted by molar-refractivity contribution is 7.20. The average molecular weight is 318 g/mol. The number of primary amides is 1. The van der Waals surface area contributed by atoms with E-state index in [9.17, 15) is 4.79 Å². The highest BCUT2D eigenvalue weighted by Crippen LogP contribution is 2.33. The molecule has 3 rings (SSSR count). The Kier molecular flexibility index (Phi) is 4.21. The fraction of sp³-hybridized carbons (Fsp3) is 0.357. The first-order chi connectivity index (χ1) is 10.6. The van der Waals surface area contributed by atoms with E-state index < -0.39 is 5.91 Å². The summed E-state index contributed by atoms with van der Waals surface area (Å²) in [4.78, 5) is 22.3. The van der Waals surface area contributed by atoms with Gasteiger partial charge in [-0.2, -0.15) is 0 Å². The molecule has 1 aliphatic rings. The maximum absolute atomic E-state index is 11.6. The summed E-state index contributed by atoms with van der Waals surface area (Å²) in [6.45, 7) is 1.64. The quantitative estimate of drug-likeness (QED) is 0.784. The van der Waals surface area contributed by atoms with Gasteiger partial charge in [-0.05, 0) is 25.0 Å². The van der Waals surface area contributed by atoms with Gasteiger partial charge in [0.05, 0.1) is 0 Å². The predicted molar refractivity (Wildman–Crippen MR) is 87.6 cm³/mol. The van der Waals surface area contributed by atoms with Gasteiger partial charge in [0.15, 0.2) is 10.8 Å². The third kappa shape index (κ3) is 3.18. The van der Waals surface area contributed by atoms with Gasteiger partial charge in [0.1, 0.15) is 10.8 Å². The third-order valence-electron chi connectivity index (χ3n) is 3.48. The van der Waals surface area contributed by atoms with Crippen LogP contribution in [0.2, 0.25) is 0 Å². The van der Waals surface area contributed by atoms with Crippen molar-refractivity contribution < 1.29 is 4.79 Å². The number of nitrogens with zero attached hydrogens (tertiary/aromatic N) is 3. The van der Waals surface area contributed by atoms with Crippen molar-refractivity contribution in [1.82, 2.24) is 9.97 Å². The number of anilines is 3. The number of carbonyl (C=O) groups is 1. The Morgan fingerprint density at radius 3 is 3.00 bits per heavy atom. The lowest BCUT2D eigenvalue weighted by atomic mass is 10.1. The summed E-state index contributed by atoms with van der Waals surface area (Å²) in [7, 11) is 0. The second kappa shape index (κ2) is 6.29. The summed E-state index contributed by atoms with van der Waals surface area (Å²) >= 11 is 1.40. The minimum absolute atomic E-state index is 0.141. The van der Waals surface area contributed by atoms with E-state index in [1.165, 1.54) is 11.3 Å². The molecule has 1 aliphatic heterocycles. The summed E-state index contributed by atoms with van der Waals surface area (Å²) < 4.78 is 0. The molecule has 22 heavy (non-hydrogen) atoms. The molecule has 8 heteroatoms. The number of hydrogen-bond donors (Lipinski definition) is 3. The molecule has 1 saturated heterocycles. The third-order valence-corrected chi connectivity index (χ3v) is 4.52. The Balaban J connectivity index is 1.87. The zero-order chi connectivity index (χ0) is 15.5. The molecule has 5 N–H and O–H groups in total. The number of amides is 1. The smallest absolute Gasteiger partial charge is 0.270 e. The minimum atomic E-state index is -0.553. The fourth-order valence-electron chi connectivity index (χ4n) is 2.43. The maximum Gasteiger partial charge on any atom is 0.270 e. The van der Waals surface area contributed by atoms with Crippen LogP contribution in [-0.2, 0) is 0 Å². The van der Waals surface area contributed by atoms with Crippen LogP contribution in [0.1, 0.15) is 23.3 Å². The number of nitrogens with one attached hydrogen (secondary N) is 1. The van der Waals surface area contributed by atoms with Crippen LogP contribution in [-0.4, -0.2) is 35.0 Å². The second-order valence-electron chi connectivity index (χ2n) is 5.23. The SMILES string of the molecule is NC(=O)c1nc(N2CCCC(N)C2)sc1Nc1ccccn1. The fourth-order valence-corrected chi connectivity index (χ4v) is 3.45. The molecule has 0 bridgehead atoms. The lowest BCUT2D eigenvalue weighted by Gasteiger charge is -2.30. The monoisotopic (exact) mass is 318 g/mol. The van der Waals surface area contributed by atoms with Crippen LogP contribution in [0.4, 0.5) is 16.0 Å². The molecule has 116 valence electrons. The molecule has 2 aromatic heterocycles. The summed E-state index contributed by atoms with van der Waals surface area (Å²) in [5, 5.41) is 4.49. The van der Waals surface area contributed by atoms with Crippen molar-refractivity contribution in [2.24, 2.45) is 11.5 Å². The van der Waals surface area contributed by atoms with Gasteiger partial charge >= 0.3 is 0 Å². The maximum atomic E-state index is 11.6. The zero-order valence-corrected chi connectivity index (χ0v) is 12.8.